The maximum atomic E-state index is 11.4. The van der Waals surface area contributed by atoms with E-state index in [1.54, 1.807) is 20.0 Å². The normalized spacial score (nSPS) is 11.9. The van der Waals surface area contributed by atoms with Crippen LogP contribution in [-0.2, 0) is 16.1 Å². The number of rotatable bonds is 8. The molecule has 0 bridgehead atoms. The fraction of sp³-hybridized carbons (Fsp3) is 0.571. The van der Waals surface area contributed by atoms with Gasteiger partial charge in [0.15, 0.2) is 6.10 Å². The number of ether oxygens (including phenoxy) is 2. The molecule has 1 heterocycles. The molecule has 5 nitrogen and oxygen atoms in total. The predicted molar refractivity (Wildman–Crippen MR) is 73.0 cm³/mol. The van der Waals surface area contributed by atoms with Crippen LogP contribution >= 0.6 is 0 Å². The fourth-order valence-corrected chi connectivity index (χ4v) is 1.49. The lowest BCUT2D eigenvalue weighted by atomic mass is 10.3. The van der Waals surface area contributed by atoms with Crippen LogP contribution in [0.3, 0.4) is 0 Å². The Kier molecular flexibility index (Phi) is 6.89. The van der Waals surface area contributed by atoms with Crippen LogP contribution in [0.1, 0.15) is 32.9 Å². The van der Waals surface area contributed by atoms with Gasteiger partial charge >= 0.3 is 5.97 Å². The SMILES string of the molecule is CCCNCc1ccc(OC(C)C(=O)OCC)cn1. The summed E-state index contributed by atoms with van der Waals surface area (Å²) >= 11 is 0. The number of nitrogens with one attached hydrogen (secondary N) is 1. The van der Waals surface area contributed by atoms with Crippen LogP contribution < -0.4 is 10.1 Å². The quantitative estimate of drug-likeness (QED) is 0.575. The first kappa shape index (κ1) is 15.4. The molecule has 5 heteroatoms. The third-order valence-corrected chi connectivity index (χ3v) is 2.46. The van der Waals surface area contributed by atoms with E-state index in [4.69, 9.17) is 9.47 Å². The van der Waals surface area contributed by atoms with Gasteiger partial charge in [-0.05, 0) is 38.9 Å². The Balaban J connectivity index is 2.45. The summed E-state index contributed by atoms with van der Waals surface area (Å²) in [4.78, 5) is 15.7. The lowest BCUT2D eigenvalue weighted by Crippen LogP contribution is -2.26. The Labute approximate surface area is 114 Å². The van der Waals surface area contributed by atoms with Crippen molar-refractivity contribution < 1.29 is 14.3 Å². The molecule has 0 aromatic carbocycles. The maximum Gasteiger partial charge on any atom is 0.347 e. The van der Waals surface area contributed by atoms with Crippen molar-refractivity contribution in [2.75, 3.05) is 13.2 Å². The summed E-state index contributed by atoms with van der Waals surface area (Å²) in [6.45, 7) is 7.61. The van der Waals surface area contributed by atoms with Crippen molar-refractivity contribution in [2.45, 2.75) is 39.8 Å². The van der Waals surface area contributed by atoms with E-state index in [1.165, 1.54) is 0 Å². The van der Waals surface area contributed by atoms with Crippen molar-refractivity contribution in [2.24, 2.45) is 0 Å². The molecule has 1 rings (SSSR count). The third-order valence-electron chi connectivity index (χ3n) is 2.46. The van der Waals surface area contributed by atoms with Gasteiger partial charge in [0.1, 0.15) is 5.75 Å². The van der Waals surface area contributed by atoms with Gasteiger partial charge in [-0.25, -0.2) is 4.79 Å². The minimum atomic E-state index is -0.620. The summed E-state index contributed by atoms with van der Waals surface area (Å²) in [5.74, 6) is 0.205. The highest BCUT2D eigenvalue weighted by Gasteiger charge is 2.15. The molecule has 0 saturated heterocycles. The third kappa shape index (κ3) is 5.70. The first-order valence-electron chi connectivity index (χ1n) is 6.66. The molecule has 0 radical (unpaired) electrons. The molecule has 0 saturated carbocycles. The van der Waals surface area contributed by atoms with Gasteiger partial charge in [-0.15, -0.1) is 0 Å². The topological polar surface area (TPSA) is 60.5 Å². The molecule has 1 atom stereocenters. The second kappa shape index (κ2) is 8.48. The van der Waals surface area contributed by atoms with Crippen LogP contribution in [0.15, 0.2) is 18.3 Å². The van der Waals surface area contributed by atoms with Crippen LogP contribution in [0.2, 0.25) is 0 Å². The zero-order chi connectivity index (χ0) is 14.1. The van der Waals surface area contributed by atoms with E-state index in [9.17, 15) is 4.79 Å². The van der Waals surface area contributed by atoms with E-state index in [0.717, 1.165) is 25.2 Å². The molecular weight excluding hydrogens is 244 g/mol. The van der Waals surface area contributed by atoms with Crippen LogP contribution in [0.25, 0.3) is 0 Å². The highest BCUT2D eigenvalue weighted by atomic mass is 16.6. The Morgan fingerprint density at radius 1 is 1.42 bits per heavy atom. The molecule has 106 valence electrons. The largest absolute Gasteiger partial charge is 0.477 e. The van der Waals surface area contributed by atoms with Crippen LogP contribution in [0.5, 0.6) is 5.75 Å². The molecule has 0 fully saturated rings. The summed E-state index contributed by atoms with van der Waals surface area (Å²) in [5.41, 5.74) is 0.949. The highest BCUT2D eigenvalue weighted by Crippen LogP contribution is 2.12. The zero-order valence-electron chi connectivity index (χ0n) is 11.8. The molecule has 0 amide bonds. The average Bonchev–Trinajstić information content (AvgIpc) is 2.41. The molecule has 1 N–H and O–H groups in total. The van der Waals surface area contributed by atoms with Gasteiger partial charge < -0.3 is 14.8 Å². The van der Waals surface area contributed by atoms with E-state index >= 15 is 0 Å². The number of nitrogens with zero attached hydrogens (tertiary/aromatic N) is 1. The second-order valence-corrected chi connectivity index (χ2v) is 4.17. The van der Waals surface area contributed by atoms with E-state index in [2.05, 4.69) is 17.2 Å². The van der Waals surface area contributed by atoms with Gasteiger partial charge in [0, 0.05) is 6.54 Å². The number of hydrogen-bond donors (Lipinski definition) is 1. The summed E-state index contributed by atoms with van der Waals surface area (Å²) in [5, 5.41) is 3.27. The minimum Gasteiger partial charge on any atom is -0.477 e. The smallest absolute Gasteiger partial charge is 0.347 e. The van der Waals surface area contributed by atoms with Crippen LogP contribution in [0.4, 0.5) is 0 Å². The number of carbonyl (C=O) groups is 1. The van der Waals surface area contributed by atoms with Crippen LogP contribution in [0, 0.1) is 0 Å². The molecular formula is C14H22N2O3. The van der Waals surface area contributed by atoms with Gasteiger partial charge in [0.2, 0.25) is 0 Å². The molecule has 0 aliphatic carbocycles. The Bertz CT molecular complexity index is 379. The molecule has 1 aromatic heterocycles. The summed E-state index contributed by atoms with van der Waals surface area (Å²) in [6, 6.07) is 3.70. The lowest BCUT2D eigenvalue weighted by molar-refractivity contribution is -0.150. The Morgan fingerprint density at radius 3 is 2.79 bits per heavy atom. The molecule has 0 aliphatic heterocycles. The Hall–Kier alpha value is -1.62. The zero-order valence-corrected chi connectivity index (χ0v) is 11.8. The van der Waals surface area contributed by atoms with Crippen molar-refractivity contribution in [1.82, 2.24) is 10.3 Å². The molecule has 19 heavy (non-hydrogen) atoms. The van der Waals surface area contributed by atoms with E-state index in [0.29, 0.717) is 12.4 Å². The molecule has 1 unspecified atom stereocenters. The fourth-order valence-electron chi connectivity index (χ4n) is 1.49. The maximum absolute atomic E-state index is 11.4. The first-order valence-corrected chi connectivity index (χ1v) is 6.66. The lowest BCUT2D eigenvalue weighted by Gasteiger charge is -2.13. The van der Waals surface area contributed by atoms with Gasteiger partial charge in [-0.1, -0.05) is 6.92 Å². The van der Waals surface area contributed by atoms with Crippen molar-refractivity contribution >= 4 is 5.97 Å². The molecule has 0 spiro atoms. The highest BCUT2D eigenvalue weighted by molar-refractivity contribution is 5.74. The standard InChI is InChI=1S/C14H22N2O3/c1-4-8-15-9-12-6-7-13(10-16-12)19-11(3)14(17)18-5-2/h6-7,10-11,15H,4-5,8-9H2,1-3H3. The van der Waals surface area contributed by atoms with Gasteiger partial charge in [-0.3, -0.25) is 4.98 Å². The number of carbonyl (C=O) groups excluding carboxylic acids is 1. The number of pyridine rings is 1. The van der Waals surface area contributed by atoms with E-state index in [-0.39, 0.29) is 5.97 Å². The molecule has 1 aromatic rings. The summed E-state index contributed by atoms with van der Waals surface area (Å²) < 4.78 is 10.3. The summed E-state index contributed by atoms with van der Waals surface area (Å²) in [6.07, 6.45) is 2.10. The van der Waals surface area contributed by atoms with Gasteiger partial charge in [0.25, 0.3) is 0 Å². The van der Waals surface area contributed by atoms with Crippen molar-refractivity contribution in [3.8, 4) is 5.75 Å². The van der Waals surface area contributed by atoms with E-state index in [1.807, 2.05) is 12.1 Å². The molecule has 0 aliphatic rings. The minimum absolute atomic E-state index is 0.354. The second-order valence-electron chi connectivity index (χ2n) is 4.17. The predicted octanol–water partition coefficient (Wildman–Crippen LogP) is 1.91. The average molecular weight is 266 g/mol. The number of aromatic nitrogens is 1. The van der Waals surface area contributed by atoms with E-state index < -0.39 is 6.10 Å². The van der Waals surface area contributed by atoms with Gasteiger partial charge in [-0.2, -0.15) is 0 Å². The van der Waals surface area contributed by atoms with Gasteiger partial charge in [0.05, 0.1) is 18.5 Å². The van der Waals surface area contributed by atoms with Crippen molar-refractivity contribution in [3.05, 3.63) is 24.0 Å². The monoisotopic (exact) mass is 266 g/mol. The summed E-state index contributed by atoms with van der Waals surface area (Å²) in [7, 11) is 0. The van der Waals surface area contributed by atoms with Crippen LogP contribution in [-0.4, -0.2) is 30.2 Å². The van der Waals surface area contributed by atoms with Crippen molar-refractivity contribution in [3.63, 3.8) is 0 Å². The number of esters is 1. The Morgan fingerprint density at radius 2 is 2.21 bits per heavy atom. The van der Waals surface area contributed by atoms with Crippen molar-refractivity contribution in [1.29, 1.82) is 0 Å². The first-order chi connectivity index (χ1) is 9.17. The number of hydrogen-bond acceptors (Lipinski definition) is 5.